The Kier molecular flexibility index (Phi) is 9.43. The topological polar surface area (TPSA) is 70.6 Å². The van der Waals surface area contributed by atoms with Gasteiger partial charge in [0.25, 0.3) is 0 Å². The van der Waals surface area contributed by atoms with E-state index in [0.717, 1.165) is 6.54 Å². The van der Waals surface area contributed by atoms with Crippen molar-refractivity contribution in [1.82, 2.24) is 10.6 Å². The van der Waals surface area contributed by atoms with Crippen molar-refractivity contribution < 1.29 is 8.42 Å². The Labute approximate surface area is 166 Å². The van der Waals surface area contributed by atoms with Gasteiger partial charge in [0.2, 0.25) is 0 Å². The molecule has 8 heteroatoms. The van der Waals surface area contributed by atoms with Crippen molar-refractivity contribution in [3.05, 3.63) is 30.3 Å². The minimum absolute atomic E-state index is 0. The van der Waals surface area contributed by atoms with Crippen LogP contribution in [0.15, 0.2) is 40.2 Å². The number of thioether (sulfide) groups is 1. The number of hydrogen-bond acceptors (Lipinski definition) is 4. The molecule has 0 aromatic heterocycles. The van der Waals surface area contributed by atoms with Gasteiger partial charge < -0.3 is 10.6 Å². The number of rotatable bonds is 6. The molecule has 1 aromatic rings. The summed E-state index contributed by atoms with van der Waals surface area (Å²) in [6.45, 7) is 5.58. The van der Waals surface area contributed by atoms with Crippen LogP contribution in [0.1, 0.15) is 20.3 Å². The normalized spacial score (nSPS) is 20.9. The summed E-state index contributed by atoms with van der Waals surface area (Å²) >= 11 is 1.79. The Morgan fingerprint density at radius 1 is 1.38 bits per heavy atom. The van der Waals surface area contributed by atoms with Crippen LogP contribution < -0.4 is 10.6 Å². The van der Waals surface area contributed by atoms with E-state index >= 15 is 0 Å². The average molecular weight is 483 g/mol. The first-order valence-corrected chi connectivity index (χ1v) is 10.7. The van der Waals surface area contributed by atoms with Crippen molar-refractivity contribution in [1.29, 1.82) is 0 Å². The van der Waals surface area contributed by atoms with Crippen LogP contribution in [0.25, 0.3) is 0 Å². The van der Waals surface area contributed by atoms with Crippen LogP contribution in [0, 0.1) is 0 Å². The summed E-state index contributed by atoms with van der Waals surface area (Å²) in [5.74, 6) is 1.17. The van der Waals surface area contributed by atoms with Gasteiger partial charge in [-0.1, -0.05) is 25.1 Å². The van der Waals surface area contributed by atoms with Crippen LogP contribution in [0.2, 0.25) is 0 Å². The van der Waals surface area contributed by atoms with E-state index in [4.69, 9.17) is 0 Å². The van der Waals surface area contributed by atoms with E-state index in [1.165, 1.54) is 4.90 Å². The Hall–Kier alpha value is -0.480. The van der Waals surface area contributed by atoms with E-state index in [9.17, 15) is 8.42 Å². The van der Waals surface area contributed by atoms with Gasteiger partial charge in [-0.15, -0.1) is 35.7 Å². The van der Waals surface area contributed by atoms with Crippen molar-refractivity contribution in [2.75, 3.05) is 24.6 Å². The molecule has 0 aliphatic carbocycles. The molecular weight excluding hydrogens is 457 g/mol. The van der Waals surface area contributed by atoms with Crippen LogP contribution in [0.4, 0.5) is 0 Å². The number of hydrogen-bond donors (Lipinski definition) is 2. The lowest BCUT2D eigenvalue weighted by Crippen LogP contribution is -2.44. The highest BCUT2D eigenvalue weighted by atomic mass is 127. The molecule has 1 aromatic carbocycles. The Morgan fingerprint density at radius 2 is 2.08 bits per heavy atom. The first-order valence-electron chi connectivity index (χ1n) is 7.95. The van der Waals surface area contributed by atoms with E-state index in [-0.39, 0.29) is 41.5 Å². The first-order chi connectivity index (χ1) is 11.0. The predicted molar refractivity (Wildman–Crippen MR) is 113 cm³/mol. The van der Waals surface area contributed by atoms with Gasteiger partial charge in [-0.2, -0.15) is 0 Å². The molecule has 1 fully saturated rings. The molecular formula is C16H26IN3O2S2. The van der Waals surface area contributed by atoms with Gasteiger partial charge in [0, 0.05) is 22.7 Å². The summed E-state index contributed by atoms with van der Waals surface area (Å²) in [6, 6.07) is 10.2. The number of benzene rings is 1. The van der Waals surface area contributed by atoms with Gasteiger partial charge in [0.15, 0.2) is 15.8 Å². The summed E-state index contributed by atoms with van der Waals surface area (Å²) in [4.78, 5) is 5.83. The second-order valence-electron chi connectivity index (χ2n) is 5.71. The molecule has 2 atom stereocenters. The molecule has 2 N–H and O–H groups in total. The molecule has 0 amide bonds. The highest BCUT2D eigenvalue weighted by Crippen LogP contribution is 2.22. The minimum Gasteiger partial charge on any atom is -0.357 e. The minimum atomic E-state index is -2.88. The zero-order chi connectivity index (χ0) is 16.7. The third-order valence-corrected chi connectivity index (χ3v) is 6.37. The molecule has 1 heterocycles. The highest BCUT2D eigenvalue weighted by molar-refractivity contribution is 14.0. The van der Waals surface area contributed by atoms with Gasteiger partial charge in [-0.3, -0.25) is 4.99 Å². The van der Waals surface area contributed by atoms with Crippen LogP contribution >= 0.6 is 35.7 Å². The average Bonchev–Trinajstić information content (AvgIpc) is 2.85. The molecule has 5 nitrogen and oxygen atoms in total. The summed E-state index contributed by atoms with van der Waals surface area (Å²) < 4.78 is 23.1. The van der Waals surface area contributed by atoms with Crippen LogP contribution in [-0.2, 0) is 9.84 Å². The first kappa shape index (κ1) is 21.6. The standard InChI is InChI=1S/C16H25N3O2S2.HI/c1-3-17-16(19-14-9-10-23(20,21)12-14)18-11-13(2)22-15-7-5-4-6-8-15;/h4-8,13-14H,3,9-12H2,1-2H3,(H2,17,18,19);1H. The van der Waals surface area contributed by atoms with Crippen molar-refractivity contribution >= 4 is 51.5 Å². The number of halogens is 1. The zero-order valence-electron chi connectivity index (χ0n) is 14.1. The number of nitrogens with zero attached hydrogens (tertiary/aromatic N) is 1. The number of sulfone groups is 1. The van der Waals surface area contributed by atoms with Crippen LogP contribution in [-0.4, -0.2) is 50.3 Å². The second-order valence-corrected chi connectivity index (χ2v) is 9.45. The number of guanidine groups is 1. The third-order valence-electron chi connectivity index (χ3n) is 3.50. The lowest BCUT2D eigenvalue weighted by Gasteiger charge is -2.17. The smallest absolute Gasteiger partial charge is 0.191 e. The Morgan fingerprint density at radius 3 is 2.67 bits per heavy atom. The maximum atomic E-state index is 11.5. The van der Waals surface area contributed by atoms with Gasteiger partial charge in [0.05, 0.1) is 18.1 Å². The van der Waals surface area contributed by atoms with E-state index < -0.39 is 9.84 Å². The number of nitrogens with one attached hydrogen (secondary N) is 2. The van der Waals surface area contributed by atoms with Gasteiger partial charge in [-0.25, -0.2) is 8.42 Å². The monoisotopic (exact) mass is 483 g/mol. The lowest BCUT2D eigenvalue weighted by atomic mass is 10.3. The van der Waals surface area contributed by atoms with E-state index in [0.29, 0.717) is 24.2 Å². The highest BCUT2D eigenvalue weighted by Gasteiger charge is 2.28. The lowest BCUT2D eigenvalue weighted by molar-refractivity contribution is 0.599. The molecule has 0 radical (unpaired) electrons. The summed E-state index contributed by atoms with van der Waals surface area (Å²) in [5.41, 5.74) is 0. The molecule has 1 aliphatic heterocycles. The third kappa shape index (κ3) is 7.60. The molecule has 24 heavy (non-hydrogen) atoms. The van der Waals surface area contributed by atoms with Crippen molar-refractivity contribution in [3.63, 3.8) is 0 Å². The van der Waals surface area contributed by atoms with E-state index in [1.807, 2.05) is 25.1 Å². The molecule has 2 unspecified atom stereocenters. The Balaban J connectivity index is 0.00000288. The predicted octanol–water partition coefficient (Wildman–Crippen LogP) is 2.53. The largest absolute Gasteiger partial charge is 0.357 e. The van der Waals surface area contributed by atoms with Crippen LogP contribution in [0.5, 0.6) is 0 Å². The quantitative estimate of drug-likeness (QED) is 0.282. The molecule has 0 saturated carbocycles. The summed E-state index contributed by atoms with van der Waals surface area (Å²) in [7, 11) is -2.88. The molecule has 1 saturated heterocycles. The maximum absolute atomic E-state index is 11.5. The molecule has 136 valence electrons. The van der Waals surface area contributed by atoms with Crippen LogP contribution in [0.3, 0.4) is 0 Å². The van der Waals surface area contributed by atoms with Crippen molar-refractivity contribution in [2.45, 2.75) is 36.5 Å². The Bertz CT molecular complexity index is 623. The SMILES string of the molecule is CCNC(=NCC(C)Sc1ccccc1)NC1CCS(=O)(=O)C1.I. The summed E-state index contributed by atoms with van der Waals surface area (Å²) in [6.07, 6.45) is 0.654. The molecule has 0 spiro atoms. The van der Waals surface area contributed by atoms with E-state index in [1.54, 1.807) is 11.8 Å². The molecule has 0 bridgehead atoms. The summed E-state index contributed by atoms with van der Waals surface area (Å²) in [5, 5.41) is 6.78. The second kappa shape index (κ2) is 10.5. The number of aliphatic imine (C=N–C) groups is 1. The van der Waals surface area contributed by atoms with Gasteiger partial charge in [-0.05, 0) is 25.5 Å². The maximum Gasteiger partial charge on any atom is 0.191 e. The van der Waals surface area contributed by atoms with Gasteiger partial charge in [0.1, 0.15) is 0 Å². The van der Waals surface area contributed by atoms with E-state index in [2.05, 4.69) is 34.7 Å². The van der Waals surface area contributed by atoms with Gasteiger partial charge >= 0.3 is 0 Å². The fraction of sp³-hybridized carbons (Fsp3) is 0.562. The fourth-order valence-corrected chi connectivity index (χ4v) is 5.01. The molecule has 2 rings (SSSR count). The van der Waals surface area contributed by atoms with Crippen molar-refractivity contribution in [3.8, 4) is 0 Å². The van der Waals surface area contributed by atoms with Crippen molar-refractivity contribution in [2.24, 2.45) is 4.99 Å². The zero-order valence-corrected chi connectivity index (χ0v) is 18.0. The molecule has 1 aliphatic rings. The fourth-order valence-electron chi connectivity index (χ4n) is 2.41.